The van der Waals surface area contributed by atoms with E-state index in [9.17, 15) is 18.0 Å². The fraction of sp³-hybridized carbons (Fsp3) is 0.308. The number of carbonyl (C=O) groups excluding carboxylic acids is 1. The van der Waals surface area contributed by atoms with Crippen LogP contribution in [0.1, 0.15) is 18.1 Å². The highest BCUT2D eigenvalue weighted by molar-refractivity contribution is 5.86. The second-order valence-corrected chi connectivity index (χ2v) is 4.31. The molecule has 0 aliphatic heterocycles. The average Bonchev–Trinajstić information content (AvgIpc) is 2.43. The summed E-state index contributed by atoms with van der Waals surface area (Å²) >= 11 is 0. The van der Waals surface area contributed by atoms with E-state index in [4.69, 9.17) is 10.7 Å². The zero-order chi connectivity index (χ0) is 16.0. The summed E-state index contributed by atoms with van der Waals surface area (Å²) in [5, 5.41) is 20.6. The Morgan fingerprint density at radius 3 is 2.71 bits per heavy atom. The molecule has 0 fully saturated rings. The molecule has 0 aliphatic carbocycles. The first-order valence-electron chi connectivity index (χ1n) is 5.94. The zero-order valence-corrected chi connectivity index (χ0v) is 11.1. The van der Waals surface area contributed by atoms with Crippen molar-refractivity contribution in [2.75, 3.05) is 11.9 Å². The van der Waals surface area contributed by atoms with Crippen molar-refractivity contribution in [3.63, 3.8) is 0 Å². The Bertz CT molecular complexity index is 578. The molecular weight excluding hydrogens is 285 g/mol. The lowest BCUT2D eigenvalue weighted by Crippen LogP contribution is -2.44. The number of nitriles is 1. The first-order chi connectivity index (χ1) is 9.77. The molecule has 8 heteroatoms. The summed E-state index contributed by atoms with van der Waals surface area (Å²) in [6.07, 6.45) is -3.88. The fourth-order valence-corrected chi connectivity index (χ4v) is 1.53. The van der Waals surface area contributed by atoms with Crippen LogP contribution >= 0.6 is 0 Å². The van der Waals surface area contributed by atoms with E-state index in [1.54, 1.807) is 6.07 Å². The van der Waals surface area contributed by atoms with Crippen LogP contribution in [-0.2, 0) is 4.79 Å². The van der Waals surface area contributed by atoms with Gasteiger partial charge in [0.05, 0.1) is 11.6 Å². The van der Waals surface area contributed by atoms with Crippen LogP contribution in [0.5, 0.6) is 0 Å². The first-order valence-corrected chi connectivity index (χ1v) is 5.94. The molecule has 5 nitrogen and oxygen atoms in total. The highest BCUT2D eigenvalue weighted by Gasteiger charge is 2.39. The Morgan fingerprint density at radius 2 is 2.19 bits per heavy atom. The van der Waals surface area contributed by atoms with Crippen molar-refractivity contribution in [3.05, 3.63) is 29.3 Å². The van der Waals surface area contributed by atoms with Gasteiger partial charge in [0.1, 0.15) is 0 Å². The van der Waals surface area contributed by atoms with Crippen molar-refractivity contribution in [3.8, 4) is 6.07 Å². The molecule has 0 saturated carbocycles. The molecule has 1 rings (SSSR count). The van der Waals surface area contributed by atoms with E-state index >= 15 is 0 Å². The number of nitrogens with one attached hydrogen (secondary N) is 3. The SMILES string of the molecule is CC(CNc1ccc(C#N)cc1C=N)NC(=O)C(F)(F)F. The smallest absolute Gasteiger partial charge is 0.382 e. The third-order valence-corrected chi connectivity index (χ3v) is 2.57. The van der Waals surface area contributed by atoms with Gasteiger partial charge in [-0.05, 0) is 25.1 Å². The summed E-state index contributed by atoms with van der Waals surface area (Å²) in [6, 6.07) is 5.72. The van der Waals surface area contributed by atoms with Crippen LogP contribution in [0.2, 0.25) is 0 Å². The van der Waals surface area contributed by atoms with Gasteiger partial charge in [-0.2, -0.15) is 18.4 Å². The number of hydrogen-bond donors (Lipinski definition) is 3. The Balaban J connectivity index is 2.65. The molecule has 0 saturated heterocycles. The van der Waals surface area contributed by atoms with Crippen molar-refractivity contribution in [2.45, 2.75) is 19.1 Å². The molecule has 0 heterocycles. The maximum Gasteiger partial charge on any atom is 0.471 e. The molecule has 112 valence electrons. The summed E-state index contributed by atoms with van der Waals surface area (Å²) in [5.74, 6) is -2.00. The number of nitrogens with zero attached hydrogens (tertiary/aromatic N) is 1. The molecule has 1 atom stereocenters. The van der Waals surface area contributed by atoms with Gasteiger partial charge in [0.15, 0.2) is 0 Å². The quantitative estimate of drug-likeness (QED) is 0.727. The van der Waals surface area contributed by atoms with Gasteiger partial charge in [0, 0.05) is 30.1 Å². The molecule has 1 aromatic carbocycles. The van der Waals surface area contributed by atoms with E-state index in [-0.39, 0.29) is 6.54 Å². The number of halogens is 3. The zero-order valence-electron chi connectivity index (χ0n) is 11.1. The van der Waals surface area contributed by atoms with Crippen molar-refractivity contribution in [1.82, 2.24) is 5.32 Å². The summed E-state index contributed by atoms with van der Waals surface area (Å²) in [5.41, 5.74) is 1.30. The second kappa shape index (κ2) is 6.74. The fourth-order valence-electron chi connectivity index (χ4n) is 1.53. The molecule has 0 radical (unpaired) electrons. The van der Waals surface area contributed by atoms with E-state index in [1.807, 2.05) is 11.4 Å². The molecule has 21 heavy (non-hydrogen) atoms. The number of amides is 1. The Morgan fingerprint density at radius 1 is 1.52 bits per heavy atom. The van der Waals surface area contributed by atoms with Gasteiger partial charge in [-0.15, -0.1) is 0 Å². The number of hydrogen-bond acceptors (Lipinski definition) is 4. The summed E-state index contributed by atoms with van der Waals surface area (Å²) in [6.45, 7) is 1.47. The Kier molecular flexibility index (Phi) is 5.30. The standard InChI is InChI=1S/C13H13F3N4O/c1-8(20-12(21)13(14,15)16)7-19-11-3-2-9(5-17)4-10(11)6-18/h2-4,6,8,18-19H,7H2,1H3,(H,20,21). The highest BCUT2D eigenvalue weighted by atomic mass is 19.4. The van der Waals surface area contributed by atoms with Crippen LogP contribution < -0.4 is 10.6 Å². The molecule has 1 unspecified atom stereocenters. The van der Waals surface area contributed by atoms with Gasteiger partial charge in [0.2, 0.25) is 0 Å². The normalized spacial score (nSPS) is 12.1. The first kappa shape index (κ1) is 16.5. The molecular formula is C13H13F3N4O. The number of anilines is 1. The lowest BCUT2D eigenvalue weighted by atomic mass is 10.1. The molecule has 0 aliphatic rings. The molecule has 1 aromatic rings. The Labute approximate surface area is 119 Å². The van der Waals surface area contributed by atoms with Crippen LogP contribution in [0.3, 0.4) is 0 Å². The van der Waals surface area contributed by atoms with E-state index in [0.29, 0.717) is 16.8 Å². The lowest BCUT2D eigenvalue weighted by molar-refractivity contribution is -0.174. The lowest BCUT2D eigenvalue weighted by Gasteiger charge is -2.17. The van der Waals surface area contributed by atoms with E-state index < -0.39 is 18.1 Å². The Hall–Kier alpha value is -2.56. The van der Waals surface area contributed by atoms with Crippen molar-refractivity contribution < 1.29 is 18.0 Å². The maximum absolute atomic E-state index is 12.1. The minimum atomic E-state index is -4.91. The number of benzene rings is 1. The average molecular weight is 298 g/mol. The molecule has 3 N–H and O–H groups in total. The summed E-state index contributed by atoms with van der Waals surface area (Å²) in [4.78, 5) is 10.8. The predicted octanol–water partition coefficient (Wildman–Crippen LogP) is 2.03. The maximum atomic E-state index is 12.1. The van der Waals surface area contributed by atoms with Gasteiger partial charge in [-0.1, -0.05) is 0 Å². The molecule has 0 bridgehead atoms. The molecule has 1 amide bonds. The largest absolute Gasteiger partial charge is 0.471 e. The number of alkyl halides is 3. The van der Waals surface area contributed by atoms with Gasteiger partial charge >= 0.3 is 12.1 Å². The van der Waals surface area contributed by atoms with Gasteiger partial charge in [0.25, 0.3) is 0 Å². The monoisotopic (exact) mass is 298 g/mol. The molecule has 0 spiro atoms. The predicted molar refractivity (Wildman–Crippen MR) is 71.2 cm³/mol. The van der Waals surface area contributed by atoms with Crippen molar-refractivity contribution >= 4 is 17.8 Å². The van der Waals surface area contributed by atoms with Gasteiger partial charge in [-0.3, -0.25) is 4.79 Å². The summed E-state index contributed by atoms with van der Waals surface area (Å²) in [7, 11) is 0. The van der Waals surface area contributed by atoms with Crippen LogP contribution in [0.25, 0.3) is 0 Å². The van der Waals surface area contributed by atoms with Gasteiger partial charge < -0.3 is 16.0 Å². The van der Waals surface area contributed by atoms with E-state index in [0.717, 1.165) is 6.21 Å². The van der Waals surface area contributed by atoms with Crippen molar-refractivity contribution in [1.29, 1.82) is 10.7 Å². The van der Waals surface area contributed by atoms with Crippen LogP contribution in [0, 0.1) is 16.7 Å². The molecule has 0 aromatic heterocycles. The minimum Gasteiger partial charge on any atom is -0.382 e. The number of rotatable bonds is 5. The highest BCUT2D eigenvalue weighted by Crippen LogP contribution is 2.16. The number of carbonyl (C=O) groups is 1. The minimum absolute atomic E-state index is 0.0502. The van der Waals surface area contributed by atoms with E-state index in [2.05, 4.69) is 5.32 Å². The second-order valence-electron chi connectivity index (χ2n) is 4.31. The summed E-state index contributed by atoms with van der Waals surface area (Å²) < 4.78 is 36.2. The van der Waals surface area contributed by atoms with Gasteiger partial charge in [-0.25, -0.2) is 0 Å². The third-order valence-electron chi connectivity index (χ3n) is 2.57. The topological polar surface area (TPSA) is 88.8 Å². The van der Waals surface area contributed by atoms with Crippen LogP contribution in [0.15, 0.2) is 18.2 Å². The van der Waals surface area contributed by atoms with Crippen LogP contribution in [-0.4, -0.2) is 30.9 Å². The van der Waals surface area contributed by atoms with E-state index in [1.165, 1.54) is 19.1 Å². The van der Waals surface area contributed by atoms with Crippen LogP contribution in [0.4, 0.5) is 18.9 Å². The third kappa shape index (κ3) is 4.80. The van der Waals surface area contributed by atoms with Crippen molar-refractivity contribution in [2.24, 2.45) is 0 Å².